The van der Waals surface area contributed by atoms with Gasteiger partial charge in [-0.05, 0) is 35.2 Å². The highest BCUT2D eigenvalue weighted by atomic mass is 79.9. The van der Waals surface area contributed by atoms with Gasteiger partial charge in [-0.3, -0.25) is 0 Å². The van der Waals surface area contributed by atoms with Gasteiger partial charge in [-0.2, -0.15) is 0 Å². The van der Waals surface area contributed by atoms with Crippen LogP contribution in [-0.4, -0.2) is 16.6 Å². The molecule has 0 amide bonds. The highest BCUT2D eigenvalue weighted by Gasteiger charge is 2.18. The average molecular weight is 258 g/mol. The first-order valence-corrected chi connectivity index (χ1v) is 5.46. The largest absolute Gasteiger partial charge is 0.381 e. The van der Waals surface area contributed by atoms with E-state index in [0.717, 1.165) is 25.1 Å². The van der Waals surface area contributed by atoms with E-state index in [0.29, 0.717) is 10.4 Å². The number of halogens is 1. The van der Waals surface area contributed by atoms with E-state index in [1.807, 2.05) is 0 Å². The first kappa shape index (κ1) is 9.86. The maximum atomic E-state index is 5.59. The molecule has 2 N–H and O–H groups in total. The van der Waals surface area contributed by atoms with E-state index in [1.54, 1.807) is 6.20 Å². The van der Waals surface area contributed by atoms with Gasteiger partial charge in [0.15, 0.2) is 5.82 Å². The van der Waals surface area contributed by atoms with Crippen LogP contribution in [0.1, 0.15) is 31.1 Å². The molecule has 0 bridgehead atoms. The predicted molar refractivity (Wildman–Crippen MR) is 56.7 cm³/mol. The second-order valence-electron chi connectivity index (χ2n) is 3.33. The van der Waals surface area contributed by atoms with Gasteiger partial charge in [0.1, 0.15) is 10.7 Å². The van der Waals surface area contributed by atoms with E-state index in [4.69, 9.17) is 10.5 Å². The van der Waals surface area contributed by atoms with Gasteiger partial charge >= 0.3 is 0 Å². The van der Waals surface area contributed by atoms with E-state index >= 15 is 0 Å². The molecule has 2 rings (SSSR count). The third kappa shape index (κ3) is 2.04. The normalized spacial score (nSPS) is 22.2. The molecule has 1 aliphatic heterocycles. The molecule has 1 aromatic rings. The Morgan fingerprint density at radius 1 is 1.50 bits per heavy atom. The zero-order valence-corrected chi connectivity index (χ0v) is 9.33. The Morgan fingerprint density at radius 3 is 3.00 bits per heavy atom. The third-order valence-corrected chi connectivity index (χ3v) is 2.87. The smallest absolute Gasteiger partial charge is 0.156 e. The first-order chi connectivity index (χ1) is 6.77. The predicted octanol–water partition coefficient (Wildman–Crippen LogP) is 2.06. The SMILES string of the molecule is Nc1ncc(C2CCCCO2)nc1Br. The van der Waals surface area contributed by atoms with E-state index in [1.165, 1.54) is 6.42 Å². The standard InChI is InChI=1S/C9H12BrN3O/c10-8-9(11)12-5-6(13-8)7-3-1-2-4-14-7/h5,7H,1-4H2,(H2,11,12). The summed E-state index contributed by atoms with van der Waals surface area (Å²) < 4.78 is 6.20. The van der Waals surface area contributed by atoms with Crippen molar-refractivity contribution in [2.24, 2.45) is 0 Å². The molecule has 0 aliphatic carbocycles. The minimum atomic E-state index is 0.0909. The van der Waals surface area contributed by atoms with E-state index in [-0.39, 0.29) is 6.10 Å². The second kappa shape index (κ2) is 4.23. The molecule has 0 aromatic carbocycles. The van der Waals surface area contributed by atoms with Gasteiger partial charge in [-0.25, -0.2) is 9.97 Å². The zero-order chi connectivity index (χ0) is 9.97. The number of nitrogen functional groups attached to an aromatic ring is 1. The third-order valence-electron chi connectivity index (χ3n) is 2.28. The lowest BCUT2D eigenvalue weighted by Crippen LogP contribution is -2.13. The first-order valence-electron chi connectivity index (χ1n) is 4.67. The van der Waals surface area contributed by atoms with Crippen molar-refractivity contribution in [3.63, 3.8) is 0 Å². The van der Waals surface area contributed by atoms with Crippen LogP contribution in [-0.2, 0) is 4.74 Å². The maximum absolute atomic E-state index is 5.59. The molecule has 1 atom stereocenters. The van der Waals surface area contributed by atoms with Crippen LogP contribution in [0.4, 0.5) is 5.82 Å². The Hall–Kier alpha value is -0.680. The van der Waals surface area contributed by atoms with Crippen LogP contribution in [0.15, 0.2) is 10.8 Å². The molecule has 4 nitrogen and oxygen atoms in total. The van der Waals surface area contributed by atoms with Crippen molar-refractivity contribution >= 4 is 21.7 Å². The molecule has 1 aromatic heterocycles. The zero-order valence-electron chi connectivity index (χ0n) is 7.74. The van der Waals surface area contributed by atoms with Crippen LogP contribution in [0.25, 0.3) is 0 Å². The molecule has 0 saturated carbocycles. The number of hydrogen-bond acceptors (Lipinski definition) is 4. The summed E-state index contributed by atoms with van der Waals surface area (Å²) in [6, 6.07) is 0. The van der Waals surface area contributed by atoms with Crippen molar-refractivity contribution in [1.29, 1.82) is 0 Å². The molecule has 14 heavy (non-hydrogen) atoms. The van der Waals surface area contributed by atoms with E-state index in [9.17, 15) is 0 Å². The fraction of sp³-hybridized carbons (Fsp3) is 0.556. The lowest BCUT2D eigenvalue weighted by molar-refractivity contribution is 0.0120. The molecule has 0 spiro atoms. The monoisotopic (exact) mass is 257 g/mol. The molecule has 0 radical (unpaired) electrons. The molecular weight excluding hydrogens is 246 g/mol. The van der Waals surface area contributed by atoms with Crippen molar-refractivity contribution in [3.8, 4) is 0 Å². The maximum Gasteiger partial charge on any atom is 0.156 e. The summed E-state index contributed by atoms with van der Waals surface area (Å²) in [6.07, 6.45) is 5.13. The highest BCUT2D eigenvalue weighted by Crippen LogP contribution is 2.27. The number of nitrogens with two attached hydrogens (primary N) is 1. The number of ether oxygens (including phenoxy) is 1. The van der Waals surface area contributed by atoms with Crippen LogP contribution >= 0.6 is 15.9 Å². The minimum Gasteiger partial charge on any atom is -0.381 e. The van der Waals surface area contributed by atoms with Gasteiger partial charge in [0.25, 0.3) is 0 Å². The molecule has 1 unspecified atom stereocenters. The summed E-state index contributed by atoms with van der Waals surface area (Å²) in [5.74, 6) is 0.421. The van der Waals surface area contributed by atoms with E-state index < -0.39 is 0 Å². The lowest BCUT2D eigenvalue weighted by atomic mass is 10.1. The molecule has 1 saturated heterocycles. The van der Waals surface area contributed by atoms with Crippen LogP contribution < -0.4 is 5.73 Å². The van der Waals surface area contributed by atoms with Gasteiger partial charge in [-0.15, -0.1) is 0 Å². The topological polar surface area (TPSA) is 61.0 Å². The molecule has 2 heterocycles. The quantitative estimate of drug-likeness (QED) is 0.837. The number of hydrogen-bond donors (Lipinski definition) is 1. The second-order valence-corrected chi connectivity index (χ2v) is 4.08. The Morgan fingerprint density at radius 2 is 2.36 bits per heavy atom. The van der Waals surface area contributed by atoms with Crippen molar-refractivity contribution in [2.45, 2.75) is 25.4 Å². The van der Waals surface area contributed by atoms with Crippen molar-refractivity contribution < 1.29 is 4.74 Å². The van der Waals surface area contributed by atoms with Gasteiger partial charge < -0.3 is 10.5 Å². The number of rotatable bonds is 1. The Balaban J connectivity index is 2.18. The summed E-state index contributed by atoms with van der Waals surface area (Å²) in [6.45, 7) is 0.814. The number of aromatic nitrogens is 2. The minimum absolute atomic E-state index is 0.0909. The number of anilines is 1. The fourth-order valence-corrected chi connectivity index (χ4v) is 1.82. The Kier molecular flexibility index (Phi) is 2.98. The van der Waals surface area contributed by atoms with Crippen molar-refractivity contribution in [3.05, 3.63) is 16.5 Å². The summed E-state index contributed by atoms with van der Waals surface area (Å²) in [5.41, 5.74) is 6.42. The summed E-state index contributed by atoms with van der Waals surface area (Å²) in [4.78, 5) is 8.34. The number of nitrogens with zero attached hydrogens (tertiary/aromatic N) is 2. The lowest BCUT2D eigenvalue weighted by Gasteiger charge is -2.21. The van der Waals surface area contributed by atoms with Crippen LogP contribution in [0.2, 0.25) is 0 Å². The van der Waals surface area contributed by atoms with E-state index in [2.05, 4.69) is 25.9 Å². The van der Waals surface area contributed by atoms with Crippen molar-refractivity contribution in [1.82, 2.24) is 9.97 Å². The Labute approximate surface area is 91.0 Å². The molecule has 1 aliphatic rings. The van der Waals surface area contributed by atoms with Crippen LogP contribution in [0.5, 0.6) is 0 Å². The highest BCUT2D eigenvalue weighted by molar-refractivity contribution is 9.10. The summed E-state index contributed by atoms with van der Waals surface area (Å²) >= 11 is 3.26. The van der Waals surface area contributed by atoms with Crippen LogP contribution in [0, 0.1) is 0 Å². The van der Waals surface area contributed by atoms with Crippen LogP contribution in [0.3, 0.4) is 0 Å². The summed E-state index contributed by atoms with van der Waals surface area (Å²) in [7, 11) is 0. The summed E-state index contributed by atoms with van der Waals surface area (Å²) in [5, 5.41) is 0. The molecule has 5 heteroatoms. The molecular formula is C9H12BrN3O. The average Bonchev–Trinajstić information content (AvgIpc) is 2.23. The van der Waals surface area contributed by atoms with Crippen molar-refractivity contribution in [2.75, 3.05) is 12.3 Å². The van der Waals surface area contributed by atoms with Gasteiger partial charge in [-0.1, -0.05) is 0 Å². The van der Waals surface area contributed by atoms with Gasteiger partial charge in [0.05, 0.1) is 11.9 Å². The van der Waals surface area contributed by atoms with Gasteiger partial charge in [0, 0.05) is 6.61 Å². The van der Waals surface area contributed by atoms with Gasteiger partial charge in [0.2, 0.25) is 0 Å². The molecule has 1 fully saturated rings. The fourth-order valence-electron chi connectivity index (χ4n) is 1.52. The molecule has 76 valence electrons. The Bertz CT molecular complexity index is 326.